The molecule has 0 saturated heterocycles. The Morgan fingerprint density at radius 1 is 0.286 bits per heavy atom. The highest BCUT2D eigenvalue weighted by Gasteiger charge is 2.19. The monoisotopic (exact) mass is 802 g/mol. The van der Waals surface area contributed by atoms with Crippen molar-refractivity contribution in [2.24, 2.45) is 0 Å². The van der Waals surface area contributed by atoms with Crippen molar-refractivity contribution in [3.05, 3.63) is 231 Å². The summed E-state index contributed by atoms with van der Waals surface area (Å²) >= 11 is 0. The van der Waals surface area contributed by atoms with Gasteiger partial charge in [0.2, 0.25) is 0 Å². The molecule has 0 radical (unpaired) electrons. The molecular weight excluding hydrogens is 765 g/mol. The third kappa shape index (κ3) is 6.64. The van der Waals surface area contributed by atoms with Gasteiger partial charge in [0.25, 0.3) is 0 Å². The van der Waals surface area contributed by atoms with E-state index < -0.39 is 0 Å². The van der Waals surface area contributed by atoms with Crippen molar-refractivity contribution in [2.45, 2.75) is 0 Å². The average molecular weight is 803 g/mol. The second-order valence-corrected chi connectivity index (χ2v) is 16.1. The second-order valence-electron chi connectivity index (χ2n) is 16.1. The van der Waals surface area contributed by atoms with E-state index in [1.807, 2.05) is 12.1 Å². The summed E-state index contributed by atoms with van der Waals surface area (Å²) in [5.41, 5.74) is 15.8. The van der Waals surface area contributed by atoms with Gasteiger partial charge in [0.1, 0.15) is 11.2 Å². The Hall–Kier alpha value is -8.40. The minimum absolute atomic E-state index is 0.684. The number of fused-ring (bicyclic) bond motifs is 6. The van der Waals surface area contributed by atoms with E-state index in [1.54, 1.807) is 0 Å². The Balaban J connectivity index is 0.966. The van der Waals surface area contributed by atoms with Crippen LogP contribution in [0.1, 0.15) is 0 Å². The lowest BCUT2D eigenvalue weighted by Crippen LogP contribution is -1.96. The van der Waals surface area contributed by atoms with Crippen LogP contribution in [0, 0.1) is 0 Å². The van der Waals surface area contributed by atoms with Crippen LogP contribution >= 0.6 is 0 Å². The van der Waals surface area contributed by atoms with Crippen LogP contribution in [0.4, 0.5) is 0 Å². The molecule has 0 saturated carbocycles. The van der Waals surface area contributed by atoms with Crippen LogP contribution in [-0.4, -0.2) is 9.97 Å². The number of hydrogen-bond donors (Lipinski definition) is 0. The number of rotatable bonds is 7. The van der Waals surface area contributed by atoms with Crippen LogP contribution in [-0.2, 0) is 0 Å². The Morgan fingerprint density at radius 3 is 1.44 bits per heavy atom. The lowest BCUT2D eigenvalue weighted by molar-refractivity contribution is 0.673. The van der Waals surface area contributed by atoms with Crippen LogP contribution in [0.15, 0.2) is 235 Å². The van der Waals surface area contributed by atoms with Crippen molar-refractivity contribution in [1.82, 2.24) is 9.97 Å². The number of benzene rings is 10. The molecule has 0 bridgehead atoms. The van der Waals surface area contributed by atoms with E-state index in [2.05, 4.69) is 218 Å². The molecule has 3 heteroatoms. The largest absolute Gasteiger partial charge is 0.455 e. The zero-order chi connectivity index (χ0) is 41.7. The SMILES string of the molecule is c1ccc(-c2ccc(-c3cc(-c4ccc(-c5cc6c(oc7cccc(-c8ccc9ccccc9c8)c76)c6ccccc56)cc4)nc(-c4ccc(-c5ccccc5)cc4)n3)cc2)cc1. The average Bonchev–Trinajstić information content (AvgIpc) is 3.76. The van der Waals surface area contributed by atoms with Crippen LogP contribution in [0.5, 0.6) is 0 Å². The molecule has 0 atom stereocenters. The van der Waals surface area contributed by atoms with Gasteiger partial charge in [0.05, 0.1) is 11.4 Å². The smallest absolute Gasteiger partial charge is 0.160 e. The van der Waals surface area contributed by atoms with Crippen LogP contribution in [0.3, 0.4) is 0 Å². The third-order valence-electron chi connectivity index (χ3n) is 12.3. The van der Waals surface area contributed by atoms with Gasteiger partial charge in [-0.05, 0) is 84.9 Å². The van der Waals surface area contributed by atoms with Crippen molar-refractivity contribution in [3.63, 3.8) is 0 Å². The minimum Gasteiger partial charge on any atom is -0.455 e. The van der Waals surface area contributed by atoms with Gasteiger partial charge >= 0.3 is 0 Å². The predicted molar refractivity (Wildman–Crippen MR) is 262 cm³/mol. The zero-order valence-electron chi connectivity index (χ0n) is 34.2. The van der Waals surface area contributed by atoms with Gasteiger partial charge in [0, 0.05) is 32.8 Å². The molecule has 294 valence electrons. The molecule has 0 N–H and O–H groups in total. The highest BCUT2D eigenvalue weighted by Crippen LogP contribution is 2.44. The lowest BCUT2D eigenvalue weighted by Gasteiger charge is -2.12. The molecule has 3 nitrogen and oxygen atoms in total. The molecule has 0 aliphatic heterocycles. The molecule has 2 aromatic heterocycles. The van der Waals surface area contributed by atoms with Crippen molar-refractivity contribution < 1.29 is 4.42 Å². The maximum absolute atomic E-state index is 6.72. The van der Waals surface area contributed by atoms with Crippen molar-refractivity contribution in [3.8, 4) is 78.4 Å². The minimum atomic E-state index is 0.684. The topological polar surface area (TPSA) is 38.9 Å². The molecule has 12 aromatic rings. The fourth-order valence-corrected chi connectivity index (χ4v) is 9.08. The summed E-state index contributed by atoms with van der Waals surface area (Å²) < 4.78 is 6.72. The Bertz CT molecular complexity index is 3530. The van der Waals surface area contributed by atoms with E-state index in [0.717, 1.165) is 83.0 Å². The predicted octanol–water partition coefficient (Wildman–Crippen LogP) is 16.4. The molecule has 0 amide bonds. The van der Waals surface area contributed by atoms with Crippen molar-refractivity contribution >= 4 is 43.5 Å². The summed E-state index contributed by atoms with van der Waals surface area (Å²) in [6.45, 7) is 0. The van der Waals surface area contributed by atoms with Gasteiger partial charge in [-0.15, -0.1) is 0 Å². The van der Waals surface area contributed by atoms with Crippen molar-refractivity contribution in [1.29, 1.82) is 0 Å². The fraction of sp³-hybridized carbons (Fsp3) is 0. The molecule has 63 heavy (non-hydrogen) atoms. The summed E-state index contributed by atoms with van der Waals surface area (Å²) in [6, 6.07) is 81.6. The maximum Gasteiger partial charge on any atom is 0.160 e. The molecule has 2 heterocycles. The summed E-state index contributed by atoms with van der Waals surface area (Å²) in [6.07, 6.45) is 0. The number of furan rings is 1. The van der Waals surface area contributed by atoms with Gasteiger partial charge < -0.3 is 4.42 Å². The Morgan fingerprint density at radius 2 is 0.794 bits per heavy atom. The summed E-state index contributed by atoms with van der Waals surface area (Å²) in [5.74, 6) is 0.684. The van der Waals surface area contributed by atoms with Gasteiger partial charge in [-0.3, -0.25) is 0 Å². The first-order valence-corrected chi connectivity index (χ1v) is 21.4. The zero-order valence-corrected chi connectivity index (χ0v) is 34.2. The van der Waals surface area contributed by atoms with E-state index in [0.29, 0.717) is 5.82 Å². The molecule has 0 aliphatic rings. The summed E-state index contributed by atoms with van der Waals surface area (Å²) in [5, 5.41) is 6.92. The standard InChI is InChI=1S/C60H38N2O/c1-3-12-39(13-4-1)42-22-29-45(30-23-42)55-38-56(62-60(61-55)47-33-24-43(25-34-47)40-14-5-2-6-15-40)46-31-27-44(28-32-46)53-37-54-58-50(49-35-26-41-16-7-8-17-48(41)36-49)20-11-21-57(58)63-59(54)52-19-10-9-18-51(52)53/h1-38H. The molecule has 12 rings (SSSR count). The van der Waals surface area contributed by atoms with Crippen LogP contribution < -0.4 is 0 Å². The molecule has 0 fully saturated rings. The third-order valence-corrected chi connectivity index (χ3v) is 12.3. The first kappa shape index (κ1) is 36.5. The number of nitrogens with zero attached hydrogens (tertiary/aromatic N) is 2. The summed E-state index contributed by atoms with van der Waals surface area (Å²) in [4.78, 5) is 10.4. The van der Waals surface area contributed by atoms with Gasteiger partial charge in [-0.25, -0.2) is 9.97 Å². The number of aromatic nitrogens is 2. The fourth-order valence-electron chi connectivity index (χ4n) is 9.08. The molecular formula is C60H38N2O. The van der Waals surface area contributed by atoms with Crippen LogP contribution in [0.25, 0.3) is 122 Å². The van der Waals surface area contributed by atoms with E-state index in [9.17, 15) is 0 Å². The van der Waals surface area contributed by atoms with E-state index >= 15 is 0 Å². The second kappa shape index (κ2) is 15.3. The first-order chi connectivity index (χ1) is 31.2. The van der Waals surface area contributed by atoms with Crippen LogP contribution in [0.2, 0.25) is 0 Å². The molecule has 0 unspecified atom stereocenters. The molecule has 10 aromatic carbocycles. The highest BCUT2D eigenvalue weighted by molar-refractivity contribution is 6.22. The van der Waals surface area contributed by atoms with Crippen molar-refractivity contribution in [2.75, 3.05) is 0 Å². The van der Waals surface area contributed by atoms with Gasteiger partial charge in [-0.2, -0.15) is 0 Å². The highest BCUT2D eigenvalue weighted by atomic mass is 16.3. The quantitative estimate of drug-likeness (QED) is 0.161. The van der Waals surface area contributed by atoms with E-state index in [4.69, 9.17) is 14.4 Å². The molecule has 0 spiro atoms. The maximum atomic E-state index is 6.72. The van der Waals surface area contributed by atoms with Gasteiger partial charge in [0.15, 0.2) is 5.82 Å². The lowest BCUT2D eigenvalue weighted by atomic mass is 9.92. The Kier molecular flexibility index (Phi) is 8.83. The normalized spacial score (nSPS) is 11.5. The van der Waals surface area contributed by atoms with E-state index in [-0.39, 0.29) is 0 Å². The number of hydrogen-bond acceptors (Lipinski definition) is 3. The summed E-state index contributed by atoms with van der Waals surface area (Å²) in [7, 11) is 0. The van der Waals surface area contributed by atoms with Gasteiger partial charge in [-0.1, -0.05) is 206 Å². The molecule has 0 aliphatic carbocycles. The first-order valence-electron chi connectivity index (χ1n) is 21.4. The van der Waals surface area contributed by atoms with E-state index in [1.165, 1.54) is 33.0 Å². The Labute approximate surface area is 365 Å².